The van der Waals surface area contributed by atoms with Crippen LogP contribution in [0.3, 0.4) is 0 Å². The molecule has 0 radical (unpaired) electrons. The minimum Gasteiger partial charge on any atom is -0.317 e. The van der Waals surface area contributed by atoms with Gasteiger partial charge in [0.15, 0.2) is 0 Å². The summed E-state index contributed by atoms with van der Waals surface area (Å²) in [5.74, 6) is 2.58. The van der Waals surface area contributed by atoms with E-state index in [0.29, 0.717) is 12.0 Å². The highest BCUT2D eigenvalue weighted by Gasteiger charge is 2.10. The Morgan fingerprint density at radius 3 is 2.20 bits per heavy atom. The summed E-state index contributed by atoms with van der Waals surface area (Å²) in [6.07, 6.45) is 2.43. The summed E-state index contributed by atoms with van der Waals surface area (Å²) in [5.41, 5.74) is 0. The van der Waals surface area contributed by atoms with Gasteiger partial charge >= 0.3 is 0 Å². The van der Waals surface area contributed by atoms with Gasteiger partial charge in [0.2, 0.25) is 0 Å². The molecule has 0 unspecified atom stereocenters. The molecule has 0 saturated heterocycles. The highest BCUT2D eigenvalue weighted by molar-refractivity contribution is 7.80. The molecule has 0 rings (SSSR count). The summed E-state index contributed by atoms with van der Waals surface area (Å²) in [6.45, 7) is 7.46. The molecule has 0 fully saturated rings. The zero-order valence-corrected chi connectivity index (χ0v) is 11.8. The molecule has 92 valence electrons. The minimum atomic E-state index is 0.558. The maximum absolute atomic E-state index is 4.39. The van der Waals surface area contributed by atoms with E-state index in [-0.39, 0.29) is 0 Å². The first-order valence-electron chi connectivity index (χ1n) is 5.94. The first kappa shape index (κ1) is 15.6. The Labute approximate surface area is 106 Å². The monoisotopic (exact) mass is 250 g/mol. The number of rotatable bonds is 10. The zero-order valence-electron chi connectivity index (χ0n) is 10.00. The summed E-state index contributed by atoms with van der Waals surface area (Å²) in [6, 6.07) is 0.558. The lowest BCUT2D eigenvalue weighted by Crippen LogP contribution is -2.32. The van der Waals surface area contributed by atoms with Crippen LogP contribution in [0.1, 0.15) is 26.7 Å². The van der Waals surface area contributed by atoms with Crippen molar-refractivity contribution in [1.29, 1.82) is 0 Å². The van der Waals surface area contributed by atoms with Gasteiger partial charge in [-0.3, -0.25) is 0 Å². The molecule has 0 aromatic rings. The average molecular weight is 250 g/mol. The molecule has 0 aliphatic rings. The van der Waals surface area contributed by atoms with Gasteiger partial charge < -0.3 is 10.6 Å². The SMILES string of the molecule is CCNC[C@@H](CS)CC[C@H](CS)NCC. The predicted molar refractivity (Wildman–Crippen MR) is 76.4 cm³/mol. The van der Waals surface area contributed by atoms with Gasteiger partial charge in [-0.1, -0.05) is 13.8 Å². The Morgan fingerprint density at radius 1 is 1.00 bits per heavy atom. The Morgan fingerprint density at radius 2 is 1.73 bits per heavy atom. The van der Waals surface area contributed by atoms with Crippen LogP contribution in [-0.2, 0) is 0 Å². The van der Waals surface area contributed by atoms with E-state index in [1.807, 2.05) is 0 Å². The molecule has 0 saturated carbocycles. The van der Waals surface area contributed by atoms with E-state index in [0.717, 1.165) is 31.1 Å². The molecule has 15 heavy (non-hydrogen) atoms. The third kappa shape index (κ3) is 8.43. The van der Waals surface area contributed by atoms with Crippen LogP contribution in [0.5, 0.6) is 0 Å². The van der Waals surface area contributed by atoms with E-state index in [1.165, 1.54) is 12.8 Å². The molecule has 2 N–H and O–H groups in total. The van der Waals surface area contributed by atoms with Crippen molar-refractivity contribution in [2.45, 2.75) is 32.7 Å². The maximum atomic E-state index is 4.39. The van der Waals surface area contributed by atoms with E-state index in [4.69, 9.17) is 0 Å². The largest absolute Gasteiger partial charge is 0.317 e. The molecule has 2 atom stereocenters. The second kappa shape index (κ2) is 11.1. The molecule has 4 heteroatoms. The number of thiol groups is 2. The highest BCUT2D eigenvalue weighted by Crippen LogP contribution is 2.10. The maximum Gasteiger partial charge on any atom is 0.0155 e. The van der Waals surface area contributed by atoms with E-state index in [9.17, 15) is 0 Å². The third-order valence-corrected chi connectivity index (χ3v) is 3.53. The van der Waals surface area contributed by atoms with Crippen LogP contribution in [0.2, 0.25) is 0 Å². The highest BCUT2D eigenvalue weighted by atomic mass is 32.1. The van der Waals surface area contributed by atoms with Crippen LogP contribution in [0, 0.1) is 5.92 Å². The Hall–Kier alpha value is 0.620. The van der Waals surface area contributed by atoms with Gasteiger partial charge in [-0.15, -0.1) is 0 Å². The lowest BCUT2D eigenvalue weighted by Gasteiger charge is -2.19. The molecule has 2 nitrogen and oxygen atoms in total. The van der Waals surface area contributed by atoms with E-state index in [1.54, 1.807) is 0 Å². The smallest absolute Gasteiger partial charge is 0.0155 e. The molecule has 0 aliphatic heterocycles. The number of hydrogen-bond donors (Lipinski definition) is 4. The van der Waals surface area contributed by atoms with Gasteiger partial charge in [-0.2, -0.15) is 25.3 Å². The number of nitrogens with one attached hydrogen (secondary N) is 2. The summed E-state index contributed by atoms with van der Waals surface area (Å²) in [7, 11) is 0. The van der Waals surface area contributed by atoms with Crippen LogP contribution in [0.25, 0.3) is 0 Å². The van der Waals surface area contributed by atoms with Gasteiger partial charge in [-0.25, -0.2) is 0 Å². The summed E-state index contributed by atoms with van der Waals surface area (Å²) >= 11 is 8.75. The summed E-state index contributed by atoms with van der Waals surface area (Å²) in [5, 5.41) is 6.83. The van der Waals surface area contributed by atoms with Crippen LogP contribution in [0.4, 0.5) is 0 Å². The van der Waals surface area contributed by atoms with Crippen LogP contribution >= 0.6 is 25.3 Å². The van der Waals surface area contributed by atoms with E-state index < -0.39 is 0 Å². The average Bonchev–Trinajstić information content (AvgIpc) is 2.27. The van der Waals surface area contributed by atoms with E-state index in [2.05, 4.69) is 49.7 Å². The van der Waals surface area contributed by atoms with E-state index >= 15 is 0 Å². The van der Waals surface area contributed by atoms with Crippen molar-refractivity contribution in [3.05, 3.63) is 0 Å². The first-order valence-corrected chi connectivity index (χ1v) is 7.20. The fraction of sp³-hybridized carbons (Fsp3) is 1.00. The van der Waals surface area contributed by atoms with Crippen molar-refractivity contribution < 1.29 is 0 Å². The van der Waals surface area contributed by atoms with Gasteiger partial charge in [0, 0.05) is 11.8 Å². The quantitative estimate of drug-likeness (QED) is 0.445. The van der Waals surface area contributed by atoms with Gasteiger partial charge in [-0.05, 0) is 44.1 Å². The fourth-order valence-electron chi connectivity index (χ4n) is 1.59. The molecule has 0 aromatic carbocycles. The standard InChI is InChI=1S/C11H26N2S2/c1-3-12-7-10(8-14)5-6-11(9-15)13-4-2/h10-15H,3-9H2,1-2H3/t10-,11+/m0/s1. The number of hydrogen-bond acceptors (Lipinski definition) is 4. The van der Waals surface area contributed by atoms with Gasteiger partial charge in [0.25, 0.3) is 0 Å². The molecule has 0 spiro atoms. The fourth-order valence-corrected chi connectivity index (χ4v) is 2.21. The summed E-state index contributed by atoms with van der Waals surface area (Å²) < 4.78 is 0. The Balaban J connectivity index is 3.66. The predicted octanol–water partition coefficient (Wildman–Crippen LogP) is 1.83. The third-order valence-electron chi connectivity index (χ3n) is 2.58. The van der Waals surface area contributed by atoms with Crippen molar-refractivity contribution >= 4 is 25.3 Å². The van der Waals surface area contributed by atoms with Crippen LogP contribution in [-0.4, -0.2) is 37.2 Å². The lowest BCUT2D eigenvalue weighted by atomic mass is 10.0. The Kier molecular flexibility index (Phi) is 11.6. The van der Waals surface area contributed by atoms with Crippen LogP contribution in [0.15, 0.2) is 0 Å². The molecule has 0 aliphatic carbocycles. The summed E-state index contributed by atoms with van der Waals surface area (Å²) in [4.78, 5) is 0. The molecule has 0 aromatic heterocycles. The topological polar surface area (TPSA) is 24.1 Å². The van der Waals surface area contributed by atoms with Crippen molar-refractivity contribution in [3.63, 3.8) is 0 Å². The molecule has 0 bridgehead atoms. The van der Waals surface area contributed by atoms with Gasteiger partial charge in [0.05, 0.1) is 0 Å². The van der Waals surface area contributed by atoms with Crippen molar-refractivity contribution in [2.24, 2.45) is 5.92 Å². The minimum absolute atomic E-state index is 0.558. The molecular formula is C11H26N2S2. The van der Waals surface area contributed by atoms with Crippen molar-refractivity contribution in [1.82, 2.24) is 10.6 Å². The zero-order chi connectivity index (χ0) is 11.5. The van der Waals surface area contributed by atoms with Crippen molar-refractivity contribution in [3.8, 4) is 0 Å². The lowest BCUT2D eigenvalue weighted by molar-refractivity contribution is 0.432. The second-order valence-corrected chi connectivity index (χ2v) is 4.60. The molecular weight excluding hydrogens is 224 g/mol. The van der Waals surface area contributed by atoms with Crippen LogP contribution < -0.4 is 10.6 Å². The molecule has 0 heterocycles. The molecule has 0 amide bonds. The normalized spacial score (nSPS) is 15.2. The van der Waals surface area contributed by atoms with Crippen molar-refractivity contribution in [2.75, 3.05) is 31.1 Å². The Bertz CT molecular complexity index is 134. The second-order valence-electron chi connectivity index (χ2n) is 3.87. The first-order chi connectivity index (χ1) is 7.28. The van der Waals surface area contributed by atoms with Gasteiger partial charge in [0.1, 0.15) is 0 Å².